The van der Waals surface area contributed by atoms with E-state index in [1.54, 1.807) is 4.68 Å². The van der Waals surface area contributed by atoms with Crippen molar-refractivity contribution in [3.05, 3.63) is 40.8 Å². The molecule has 0 amide bonds. The Kier molecular flexibility index (Phi) is 4.76. The molecule has 3 heterocycles. The van der Waals surface area contributed by atoms with Crippen molar-refractivity contribution in [1.82, 2.24) is 24.8 Å². The van der Waals surface area contributed by atoms with Gasteiger partial charge >= 0.3 is 0 Å². The van der Waals surface area contributed by atoms with Crippen molar-refractivity contribution in [3.8, 4) is 5.69 Å². The fourth-order valence-corrected chi connectivity index (χ4v) is 3.30. The van der Waals surface area contributed by atoms with Crippen molar-refractivity contribution in [2.24, 2.45) is 0 Å². The standard InChI is InChI=1S/C18H21ClN6O/c1-3-15-20-17(23-24-8-10-26-11-9-24)16-12(2)22-25(18(16)21-15)14-7-5-4-6-13(14)19/h4-7H,3,8-11H2,1-2H3,(H,20,21,23). The molecule has 1 aromatic carbocycles. The van der Waals surface area contributed by atoms with Crippen LogP contribution in [-0.4, -0.2) is 51.1 Å². The maximum atomic E-state index is 6.40. The molecule has 3 aromatic rings. The van der Waals surface area contributed by atoms with Crippen LogP contribution in [0, 0.1) is 6.92 Å². The van der Waals surface area contributed by atoms with Gasteiger partial charge in [0, 0.05) is 19.5 Å². The highest BCUT2D eigenvalue weighted by Crippen LogP contribution is 2.29. The maximum absolute atomic E-state index is 6.40. The normalized spacial score (nSPS) is 15.5. The van der Waals surface area contributed by atoms with Crippen LogP contribution in [0.25, 0.3) is 16.7 Å². The van der Waals surface area contributed by atoms with Gasteiger partial charge in [-0.3, -0.25) is 0 Å². The molecule has 0 atom stereocenters. The highest BCUT2D eigenvalue weighted by molar-refractivity contribution is 6.32. The quantitative estimate of drug-likeness (QED) is 0.759. The lowest BCUT2D eigenvalue weighted by Crippen LogP contribution is -2.40. The first-order valence-corrected chi connectivity index (χ1v) is 9.15. The van der Waals surface area contributed by atoms with E-state index in [0.29, 0.717) is 18.2 Å². The third-order valence-corrected chi connectivity index (χ3v) is 4.74. The zero-order chi connectivity index (χ0) is 18.1. The largest absolute Gasteiger partial charge is 0.379 e. The summed E-state index contributed by atoms with van der Waals surface area (Å²) in [4.78, 5) is 9.45. The molecular formula is C18H21ClN6O. The number of morpholine rings is 1. The topological polar surface area (TPSA) is 68.1 Å². The van der Waals surface area contributed by atoms with Gasteiger partial charge in [-0.05, 0) is 19.1 Å². The molecule has 26 heavy (non-hydrogen) atoms. The molecule has 1 saturated heterocycles. The molecule has 1 N–H and O–H groups in total. The smallest absolute Gasteiger partial charge is 0.169 e. The van der Waals surface area contributed by atoms with Gasteiger partial charge in [-0.2, -0.15) is 5.10 Å². The maximum Gasteiger partial charge on any atom is 0.169 e. The lowest BCUT2D eigenvalue weighted by Gasteiger charge is -2.27. The van der Waals surface area contributed by atoms with Gasteiger partial charge in [-0.1, -0.05) is 30.7 Å². The first-order chi connectivity index (χ1) is 12.7. The predicted octanol–water partition coefficient (Wildman–Crippen LogP) is 3.00. The number of hydrogen-bond donors (Lipinski definition) is 1. The number of rotatable bonds is 4. The summed E-state index contributed by atoms with van der Waals surface area (Å²) < 4.78 is 7.23. The van der Waals surface area contributed by atoms with E-state index in [-0.39, 0.29) is 0 Å². The third kappa shape index (κ3) is 3.13. The number of benzene rings is 1. The Hall–Kier alpha value is -2.22. The number of nitrogens with zero attached hydrogens (tertiary/aromatic N) is 5. The summed E-state index contributed by atoms with van der Waals surface area (Å²) >= 11 is 6.40. The molecule has 0 unspecified atom stereocenters. The monoisotopic (exact) mass is 372 g/mol. The van der Waals surface area contributed by atoms with E-state index in [9.17, 15) is 0 Å². The molecule has 0 bridgehead atoms. The molecule has 1 fully saturated rings. The van der Waals surface area contributed by atoms with Gasteiger partial charge in [0.2, 0.25) is 0 Å². The van der Waals surface area contributed by atoms with E-state index in [1.165, 1.54) is 0 Å². The van der Waals surface area contributed by atoms with Crippen LogP contribution in [0.4, 0.5) is 5.82 Å². The minimum atomic E-state index is 0.635. The van der Waals surface area contributed by atoms with E-state index in [4.69, 9.17) is 31.4 Å². The fourth-order valence-electron chi connectivity index (χ4n) is 3.08. The van der Waals surface area contributed by atoms with E-state index in [2.05, 4.69) is 10.4 Å². The van der Waals surface area contributed by atoms with E-state index < -0.39 is 0 Å². The van der Waals surface area contributed by atoms with Crippen molar-refractivity contribution >= 4 is 28.5 Å². The zero-order valence-electron chi connectivity index (χ0n) is 14.9. The summed E-state index contributed by atoms with van der Waals surface area (Å²) in [5, 5.41) is 8.36. The van der Waals surface area contributed by atoms with Crippen LogP contribution < -0.4 is 5.43 Å². The Bertz CT molecular complexity index is 935. The second kappa shape index (κ2) is 7.19. The minimum Gasteiger partial charge on any atom is -0.379 e. The molecule has 0 saturated carbocycles. The fraction of sp³-hybridized carbons (Fsp3) is 0.389. The Morgan fingerprint density at radius 2 is 1.96 bits per heavy atom. The molecule has 136 valence electrons. The number of fused-ring (bicyclic) bond motifs is 1. The SMILES string of the molecule is CCc1nc(NN2CCOCC2)c2c(C)nn(-c3ccccc3Cl)c2n1. The van der Waals surface area contributed by atoms with Crippen molar-refractivity contribution in [3.63, 3.8) is 0 Å². The number of nitrogens with one attached hydrogen (secondary N) is 1. The van der Waals surface area contributed by atoms with Crippen LogP contribution >= 0.6 is 11.6 Å². The van der Waals surface area contributed by atoms with Gasteiger partial charge in [0.1, 0.15) is 5.82 Å². The van der Waals surface area contributed by atoms with Crippen molar-refractivity contribution < 1.29 is 4.74 Å². The van der Waals surface area contributed by atoms with Crippen LogP contribution in [0.1, 0.15) is 18.4 Å². The van der Waals surface area contributed by atoms with Crippen LogP contribution in [0.2, 0.25) is 5.02 Å². The summed E-state index contributed by atoms with van der Waals surface area (Å²) in [7, 11) is 0. The Labute approximate surface area is 156 Å². The molecule has 0 aliphatic carbocycles. The lowest BCUT2D eigenvalue weighted by molar-refractivity contribution is 0.0495. The van der Waals surface area contributed by atoms with Gasteiger partial charge < -0.3 is 10.2 Å². The second-order valence-electron chi connectivity index (χ2n) is 6.20. The lowest BCUT2D eigenvalue weighted by atomic mass is 10.3. The molecule has 0 radical (unpaired) electrons. The number of halogens is 1. The van der Waals surface area contributed by atoms with Gasteiger partial charge in [-0.15, -0.1) is 0 Å². The molecular weight excluding hydrogens is 352 g/mol. The molecule has 1 aliphatic rings. The number of hydrogen-bond acceptors (Lipinski definition) is 6. The van der Waals surface area contributed by atoms with Crippen LogP contribution in [-0.2, 0) is 11.2 Å². The van der Waals surface area contributed by atoms with Gasteiger partial charge in [0.15, 0.2) is 11.5 Å². The summed E-state index contributed by atoms with van der Waals surface area (Å²) in [5.41, 5.74) is 5.87. The molecule has 4 rings (SSSR count). The number of anilines is 1. The average Bonchev–Trinajstić information content (AvgIpc) is 2.99. The molecule has 8 heteroatoms. The van der Waals surface area contributed by atoms with Crippen molar-refractivity contribution in [2.75, 3.05) is 31.7 Å². The zero-order valence-corrected chi connectivity index (χ0v) is 15.6. The molecule has 1 aliphatic heterocycles. The Morgan fingerprint density at radius 3 is 2.69 bits per heavy atom. The summed E-state index contributed by atoms with van der Waals surface area (Å²) in [6.45, 7) is 7.05. The highest BCUT2D eigenvalue weighted by atomic mass is 35.5. The summed E-state index contributed by atoms with van der Waals surface area (Å²) in [6.07, 6.45) is 0.737. The number of aryl methyl sites for hydroxylation is 2. The van der Waals surface area contributed by atoms with Gasteiger partial charge in [-0.25, -0.2) is 19.7 Å². The summed E-state index contributed by atoms with van der Waals surface area (Å²) in [6, 6.07) is 7.65. The number of hydrazine groups is 1. The Morgan fingerprint density at radius 1 is 1.19 bits per heavy atom. The number of ether oxygens (including phenoxy) is 1. The third-order valence-electron chi connectivity index (χ3n) is 4.42. The number of aromatic nitrogens is 4. The van der Waals surface area contributed by atoms with E-state index in [1.807, 2.05) is 38.1 Å². The summed E-state index contributed by atoms with van der Waals surface area (Å²) in [5.74, 6) is 1.55. The van der Waals surface area contributed by atoms with Crippen LogP contribution in [0.3, 0.4) is 0 Å². The van der Waals surface area contributed by atoms with Crippen molar-refractivity contribution in [2.45, 2.75) is 20.3 Å². The Balaban J connectivity index is 1.86. The minimum absolute atomic E-state index is 0.635. The number of para-hydroxylation sites is 1. The molecule has 7 nitrogen and oxygen atoms in total. The van der Waals surface area contributed by atoms with E-state index in [0.717, 1.165) is 53.6 Å². The first-order valence-electron chi connectivity index (χ1n) is 8.78. The van der Waals surface area contributed by atoms with Crippen LogP contribution in [0.5, 0.6) is 0 Å². The predicted molar refractivity (Wildman–Crippen MR) is 102 cm³/mol. The second-order valence-corrected chi connectivity index (χ2v) is 6.61. The average molecular weight is 373 g/mol. The first kappa shape index (κ1) is 17.2. The van der Waals surface area contributed by atoms with Gasteiger partial charge in [0.25, 0.3) is 0 Å². The molecule has 2 aromatic heterocycles. The highest BCUT2D eigenvalue weighted by Gasteiger charge is 2.20. The van der Waals surface area contributed by atoms with E-state index >= 15 is 0 Å². The van der Waals surface area contributed by atoms with Crippen LogP contribution in [0.15, 0.2) is 24.3 Å². The van der Waals surface area contributed by atoms with Crippen molar-refractivity contribution in [1.29, 1.82) is 0 Å². The van der Waals surface area contributed by atoms with Gasteiger partial charge in [0.05, 0.1) is 35.0 Å². The molecule has 0 spiro atoms.